The molecule has 4 aromatic carbocycles. The van der Waals surface area contributed by atoms with Gasteiger partial charge in [-0.3, -0.25) is 9.59 Å². The zero-order valence-corrected chi connectivity index (χ0v) is 25.6. The molecule has 12 heteroatoms. The van der Waals surface area contributed by atoms with Crippen LogP contribution in [0.4, 0.5) is 11.4 Å². The lowest BCUT2D eigenvalue weighted by atomic mass is 10.1. The van der Waals surface area contributed by atoms with Gasteiger partial charge in [0.05, 0.1) is 37.0 Å². The first kappa shape index (κ1) is 30.1. The summed E-state index contributed by atoms with van der Waals surface area (Å²) in [6.45, 7) is 2.94. The number of carboxylic acid groups (broad SMARTS) is 1. The molecule has 214 valence electrons. The summed E-state index contributed by atoms with van der Waals surface area (Å²) >= 11 is 25.6. The average molecular weight is 661 g/mol. The van der Waals surface area contributed by atoms with Crippen LogP contribution in [-0.4, -0.2) is 33.2 Å². The third-order valence-corrected chi connectivity index (χ3v) is 9.34. The molecule has 2 amide bonds. The number of fused-ring (bicyclic) bond motifs is 3. The van der Waals surface area contributed by atoms with Crippen molar-refractivity contribution in [2.45, 2.75) is 18.4 Å². The van der Waals surface area contributed by atoms with E-state index in [2.05, 4.69) is 34.3 Å². The van der Waals surface area contributed by atoms with Gasteiger partial charge in [-0.2, -0.15) is 0 Å². The van der Waals surface area contributed by atoms with Gasteiger partial charge in [0.1, 0.15) is 0 Å². The summed E-state index contributed by atoms with van der Waals surface area (Å²) in [5.41, 5.74) is 2.31. The van der Waals surface area contributed by atoms with Crippen molar-refractivity contribution < 1.29 is 19.5 Å². The highest BCUT2D eigenvalue weighted by atomic mass is 35.5. The maximum absolute atomic E-state index is 13.1. The fourth-order valence-electron chi connectivity index (χ4n) is 4.72. The first-order valence-corrected chi connectivity index (χ1v) is 15.0. The number of aromatic nitrogens is 1. The van der Waals surface area contributed by atoms with Crippen LogP contribution in [0.3, 0.4) is 0 Å². The minimum absolute atomic E-state index is 0.115. The third-order valence-electron chi connectivity index (χ3n) is 6.54. The van der Waals surface area contributed by atoms with E-state index < -0.39 is 28.0 Å². The minimum Gasteiger partial charge on any atom is -0.478 e. The number of para-hydroxylation sites is 1. The molecule has 0 fully saturated rings. The zero-order chi connectivity index (χ0) is 30.1. The molecule has 5 aromatic rings. The van der Waals surface area contributed by atoms with Gasteiger partial charge >= 0.3 is 5.97 Å². The van der Waals surface area contributed by atoms with Crippen molar-refractivity contribution in [3.63, 3.8) is 0 Å². The summed E-state index contributed by atoms with van der Waals surface area (Å²) in [7, 11) is 0. The van der Waals surface area contributed by atoms with E-state index in [0.29, 0.717) is 16.3 Å². The summed E-state index contributed by atoms with van der Waals surface area (Å²) in [6, 6.07) is 20.8. The molecular weight excluding hydrogens is 640 g/mol. The van der Waals surface area contributed by atoms with Crippen molar-refractivity contribution >= 4 is 109 Å². The van der Waals surface area contributed by atoms with Crippen LogP contribution in [-0.2, 0) is 11.3 Å². The molecule has 0 aliphatic rings. The van der Waals surface area contributed by atoms with Gasteiger partial charge in [0.25, 0.3) is 5.91 Å². The number of aromatic carboxylic acids is 1. The number of amides is 2. The van der Waals surface area contributed by atoms with Gasteiger partial charge in [-0.1, -0.05) is 70.7 Å². The summed E-state index contributed by atoms with van der Waals surface area (Å²) in [6.07, 6.45) is 0. The summed E-state index contributed by atoms with van der Waals surface area (Å²) in [5.74, 6) is -2.41. The summed E-state index contributed by atoms with van der Waals surface area (Å²) < 4.78 is 2.24. The molecule has 42 heavy (non-hydrogen) atoms. The Morgan fingerprint density at radius 3 is 2.14 bits per heavy atom. The fourth-order valence-corrected chi connectivity index (χ4v) is 6.50. The number of halogens is 4. The molecule has 1 aromatic heterocycles. The van der Waals surface area contributed by atoms with Gasteiger partial charge in [-0.05, 0) is 49.4 Å². The molecule has 7 nitrogen and oxygen atoms in total. The molecule has 0 spiro atoms. The number of nitrogens with one attached hydrogen (secondary N) is 2. The standard InChI is InChI=1S/C30H21Cl4N3O4S/c1-2-37-20-9-4-3-8-18(20)19-13-16(10-11-21(19)37)35-22(38)14-42-17-7-5-6-15(12-17)36-29(39)23-24(30(40)41)26(32)28(34)27(33)25(23)31/h3-13H,2,14H2,1H3,(H,35,38)(H,36,39)(H,40,41). The smallest absolute Gasteiger partial charge is 0.338 e. The Kier molecular flexibility index (Phi) is 8.92. The highest BCUT2D eigenvalue weighted by Crippen LogP contribution is 2.42. The van der Waals surface area contributed by atoms with Crippen molar-refractivity contribution in [3.05, 3.63) is 97.9 Å². The van der Waals surface area contributed by atoms with Crippen LogP contribution in [0.15, 0.2) is 71.6 Å². The second-order valence-corrected chi connectivity index (χ2v) is 11.7. The molecule has 0 saturated heterocycles. The monoisotopic (exact) mass is 659 g/mol. The Morgan fingerprint density at radius 2 is 1.43 bits per heavy atom. The van der Waals surface area contributed by atoms with Crippen LogP contribution in [0, 0.1) is 0 Å². The molecule has 5 rings (SSSR count). The molecule has 0 radical (unpaired) electrons. The van der Waals surface area contributed by atoms with Gasteiger partial charge in [-0.25, -0.2) is 4.79 Å². The fraction of sp³-hybridized carbons (Fsp3) is 0.100. The molecule has 0 bridgehead atoms. The van der Waals surface area contributed by atoms with Gasteiger partial charge < -0.3 is 20.3 Å². The largest absolute Gasteiger partial charge is 0.478 e. The number of nitrogens with zero attached hydrogens (tertiary/aromatic N) is 1. The normalized spacial score (nSPS) is 11.2. The van der Waals surface area contributed by atoms with Gasteiger partial charge in [0, 0.05) is 44.6 Å². The molecular formula is C30H21Cl4N3O4S. The molecule has 0 atom stereocenters. The minimum atomic E-state index is -1.49. The van der Waals surface area contributed by atoms with E-state index in [4.69, 9.17) is 46.4 Å². The van der Waals surface area contributed by atoms with Crippen molar-refractivity contribution in [1.82, 2.24) is 4.57 Å². The number of hydrogen-bond acceptors (Lipinski definition) is 4. The number of hydrogen-bond donors (Lipinski definition) is 3. The average Bonchev–Trinajstić information content (AvgIpc) is 3.29. The quantitative estimate of drug-likeness (QED) is 0.0876. The Labute approximate surface area is 264 Å². The highest BCUT2D eigenvalue weighted by molar-refractivity contribution is 8.00. The van der Waals surface area contributed by atoms with Crippen molar-refractivity contribution in [1.29, 1.82) is 0 Å². The lowest BCUT2D eigenvalue weighted by Crippen LogP contribution is -2.18. The van der Waals surface area contributed by atoms with E-state index in [1.807, 2.05) is 30.3 Å². The lowest BCUT2D eigenvalue weighted by molar-refractivity contribution is -0.113. The van der Waals surface area contributed by atoms with Gasteiger partial charge in [-0.15, -0.1) is 11.8 Å². The molecule has 0 aliphatic heterocycles. The van der Waals surface area contributed by atoms with E-state index in [0.717, 1.165) is 28.4 Å². The zero-order valence-electron chi connectivity index (χ0n) is 21.8. The number of carboxylic acids is 1. The number of benzene rings is 4. The molecule has 0 unspecified atom stereocenters. The number of thioether (sulfide) groups is 1. The van der Waals surface area contributed by atoms with Crippen LogP contribution < -0.4 is 10.6 Å². The number of carbonyl (C=O) groups is 3. The van der Waals surface area contributed by atoms with Crippen molar-refractivity contribution in [2.75, 3.05) is 16.4 Å². The first-order chi connectivity index (χ1) is 20.1. The molecule has 0 saturated carbocycles. The number of aryl methyl sites for hydroxylation is 1. The second-order valence-electron chi connectivity index (χ2n) is 9.12. The van der Waals surface area contributed by atoms with Crippen molar-refractivity contribution in [2.24, 2.45) is 0 Å². The molecule has 3 N–H and O–H groups in total. The van der Waals surface area contributed by atoms with Crippen LogP contribution in [0.5, 0.6) is 0 Å². The van der Waals surface area contributed by atoms with E-state index >= 15 is 0 Å². The van der Waals surface area contributed by atoms with Crippen LogP contribution >= 0.6 is 58.2 Å². The predicted octanol–water partition coefficient (Wildman–Crippen LogP) is 9.11. The Hall–Kier alpha value is -3.40. The second kappa shape index (κ2) is 12.5. The molecule has 0 aliphatic carbocycles. The SMILES string of the molecule is CCn1c2ccccc2c2cc(NC(=O)CSc3cccc(NC(=O)c4c(Cl)c(Cl)c(Cl)c(Cl)c4C(=O)O)c3)ccc21. The molecule has 1 heterocycles. The topological polar surface area (TPSA) is 100 Å². The van der Waals surface area contributed by atoms with Gasteiger partial charge in [0.15, 0.2) is 0 Å². The summed E-state index contributed by atoms with van der Waals surface area (Å²) in [5, 5.41) is 16.2. The van der Waals surface area contributed by atoms with Crippen LogP contribution in [0.1, 0.15) is 27.6 Å². The van der Waals surface area contributed by atoms with E-state index in [9.17, 15) is 19.5 Å². The lowest BCUT2D eigenvalue weighted by Gasteiger charge is -2.14. The van der Waals surface area contributed by atoms with Crippen LogP contribution in [0.2, 0.25) is 20.1 Å². The third kappa shape index (κ3) is 5.78. The number of rotatable bonds is 8. The van der Waals surface area contributed by atoms with Crippen LogP contribution in [0.25, 0.3) is 21.8 Å². The van der Waals surface area contributed by atoms with E-state index in [1.165, 1.54) is 11.8 Å². The number of carbonyl (C=O) groups excluding carboxylic acids is 2. The van der Waals surface area contributed by atoms with E-state index in [-0.39, 0.29) is 26.7 Å². The summed E-state index contributed by atoms with van der Waals surface area (Å²) in [4.78, 5) is 38.4. The predicted molar refractivity (Wildman–Crippen MR) is 172 cm³/mol. The Balaban J connectivity index is 1.29. The van der Waals surface area contributed by atoms with Crippen molar-refractivity contribution in [3.8, 4) is 0 Å². The highest BCUT2D eigenvalue weighted by Gasteiger charge is 2.29. The van der Waals surface area contributed by atoms with E-state index in [1.54, 1.807) is 24.3 Å². The maximum atomic E-state index is 13.1. The first-order valence-electron chi connectivity index (χ1n) is 12.5. The Morgan fingerprint density at radius 1 is 0.762 bits per heavy atom. The maximum Gasteiger partial charge on any atom is 0.338 e. The Bertz CT molecular complexity index is 1910. The van der Waals surface area contributed by atoms with Gasteiger partial charge in [0.2, 0.25) is 5.91 Å². The number of anilines is 2.